The molecule has 2 aromatic carbocycles. The van der Waals surface area contributed by atoms with Gasteiger partial charge in [-0.1, -0.05) is 60.7 Å². The van der Waals surface area contributed by atoms with Gasteiger partial charge in [-0.15, -0.1) is 10.2 Å². The summed E-state index contributed by atoms with van der Waals surface area (Å²) >= 11 is 0. The zero-order chi connectivity index (χ0) is 23.9. The molecular formula is C29H29N5O. The highest BCUT2D eigenvalue weighted by Crippen LogP contribution is 2.26. The Balaban J connectivity index is 1.24. The van der Waals surface area contributed by atoms with Crippen molar-refractivity contribution in [3.63, 3.8) is 0 Å². The van der Waals surface area contributed by atoms with Gasteiger partial charge >= 0.3 is 0 Å². The van der Waals surface area contributed by atoms with Gasteiger partial charge in [0.1, 0.15) is 0 Å². The first-order valence-corrected chi connectivity index (χ1v) is 12.1. The summed E-state index contributed by atoms with van der Waals surface area (Å²) in [6.45, 7) is 2.83. The number of hydrogen-bond donors (Lipinski definition) is 0. The van der Waals surface area contributed by atoms with Crippen molar-refractivity contribution in [3.05, 3.63) is 108 Å². The summed E-state index contributed by atoms with van der Waals surface area (Å²) < 4.78 is 0. The van der Waals surface area contributed by atoms with Crippen LogP contribution in [0.1, 0.15) is 24.0 Å². The first-order valence-electron chi connectivity index (χ1n) is 12.1. The summed E-state index contributed by atoms with van der Waals surface area (Å²) in [5.74, 6) is 1.10. The number of benzene rings is 2. The molecule has 1 fully saturated rings. The third kappa shape index (κ3) is 5.72. The van der Waals surface area contributed by atoms with Crippen molar-refractivity contribution in [1.29, 1.82) is 0 Å². The SMILES string of the molecule is O=C(C1CCN(c2ccc(-c3cccnc3)nn2)CC1)N(Cc1ccccc1)Cc1ccccc1. The first kappa shape index (κ1) is 22.7. The van der Waals surface area contributed by atoms with E-state index in [0.717, 1.165) is 54.1 Å². The molecule has 3 heterocycles. The maximum atomic E-state index is 13.6. The zero-order valence-electron chi connectivity index (χ0n) is 19.7. The number of aromatic nitrogens is 3. The van der Waals surface area contributed by atoms with Gasteiger partial charge in [0.15, 0.2) is 5.82 Å². The minimum atomic E-state index is 0.0151. The smallest absolute Gasteiger partial charge is 0.226 e. The van der Waals surface area contributed by atoms with Crippen LogP contribution in [0.15, 0.2) is 97.3 Å². The maximum Gasteiger partial charge on any atom is 0.226 e. The fraction of sp³-hybridized carbons (Fsp3) is 0.241. The lowest BCUT2D eigenvalue weighted by atomic mass is 9.94. The van der Waals surface area contributed by atoms with Crippen LogP contribution in [0.25, 0.3) is 11.3 Å². The van der Waals surface area contributed by atoms with Crippen molar-refractivity contribution < 1.29 is 4.79 Å². The third-order valence-electron chi connectivity index (χ3n) is 6.52. The van der Waals surface area contributed by atoms with E-state index in [0.29, 0.717) is 13.1 Å². The summed E-state index contributed by atoms with van der Waals surface area (Å²) in [7, 11) is 0. The molecule has 0 bridgehead atoms. The van der Waals surface area contributed by atoms with Gasteiger partial charge in [0.25, 0.3) is 0 Å². The molecule has 6 nitrogen and oxygen atoms in total. The number of amides is 1. The van der Waals surface area contributed by atoms with Gasteiger partial charge in [-0.25, -0.2) is 0 Å². The van der Waals surface area contributed by atoms with Crippen LogP contribution in [0.5, 0.6) is 0 Å². The zero-order valence-corrected chi connectivity index (χ0v) is 19.7. The molecule has 0 N–H and O–H groups in total. The average molecular weight is 464 g/mol. The average Bonchev–Trinajstić information content (AvgIpc) is 2.94. The van der Waals surface area contributed by atoms with Gasteiger partial charge in [-0.05, 0) is 48.2 Å². The lowest BCUT2D eigenvalue weighted by Crippen LogP contribution is -2.42. The standard InChI is InChI=1S/C29H29N5O/c35-29(34(21-23-8-3-1-4-9-23)22-24-10-5-2-6-11-24)25-15-18-33(19-16-25)28-14-13-27(31-32-28)26-12-7-17-30-20-26/h1-14,17,20,25H,15-16,18-19,21-22H2. The molecule has 0 spiro atoms. The lowest BCUT2D eigenvalue weighted by molar-refractivity contribution is -0.137. The molecule has 0 saturated carbocycles. The van der Waals surface area contributed by atoms with Crippen molar-refractivity contribution in [2.45, 2.75) is 25.9 Å². The largest absolute Gasteiger partial charge is 0.355 e. The summed E-state index contributed by atoms with van der Waals surface area (Å²) in [6, 6.07) is 28.3. The fourth-order valence-corrected chi connectivity index (χ4v) is 4.60. The van der Waals surface area contributed by atoms with Gasteiger partial charge in [0.2, 0.25) is 5.91 Å². The summed E-state index contributed by atoms with van der Waals surface area (Å²) in [6.07, 6.45) is 5.16. The number of anilines is 1. The molecule has 1 saturated heterocycles. The first-order chi connectivity index (χ1) is 17.3. The molecule has 0 radical (unpaired) electrons. The van der Waals surface area contributed by atoms with Crippen molar-refractivity contribution >= 4 is 11.7 Å². The normalized spacial score (nSPS) is 14.0. The molecule has 35 heavy (non-hydrogen) atoms. The van der Waals surface area contributed by atoms with E-state index in [9.17, 15) is 4.79 Å². The third-order valence-corrected chi connectivity index (χ3v) is 6.52. The summed E-state index contributed by atoms with van der Waals surface area (Å²) in [4.78, 5) is 22.0. The molecular weight excluding hydrogens is 434 g/mol. The molecule has 1 amide bonds. The summed E-state index contributed by atoms with van der Waals surface area (Å²) in [5, 5.41) is 8.84. The van der Waals surface area contributed by atoms with E-state index < -0.39 is 0 Å². The van der Waals surface area contributed by atoms with Crippen LogP contribution in [0.4, 0.5) is 5.82 Å². The minimum Gasteiger partial charge on any atom is -0.355 e. The van der Waals surface area contributed by atoms with E-state index in [1.807, 2.05) is 65.6 Å². The Hall–Kier alpha value is -4.06. The number of pyridine rings is 1. The number of nitrogens with zero attached hydrogens (tertiary/aromatic N) is 5. The highest BCUT2D eigenvalue weighted by Gasteiger charge is 2.29. The maximum absolute atomic E-state index is 13.6. The molecule has 0 unspecified atom stereocenters. The molecule has 5 rings (SSSR count). The highest BCUT2D eigenvalue weighted by atomic mass is 16.2. The predicted molar refractivity (Wildman–Crippen MR) is 137 cm³/mol. The van der Waals surface area contributed by atoms with Crippen molar-refractivity contribution in [3.8, 4) is 11.3 Å². The van der Waals surface area contributed by atoms with E-state index in [-0.39, 0.29) is 11.8 Å². The molecule has 4 aromatic rings. The van der Waals surface area contributed by atoms with Gasteiger partial charge in [0.05, 0.1) is 5.69 Å². The molecule has 176 valence electrons. The van der Waals surface area contributed by atoms with Crippen molar-refractivity contribution in [1.82, 2.24) is 20.1 Å². The van der Waals surface area contributed by atoms with Crippen molar-refractivity contribution in [2.24, 2.45) is 5.92 Å². The Labute approximate surface area is 206 Å². The molecule has 2 aromatic heterocycles. The van der Waals surface area contributed by atoms with Crippen LogP contribution in [-0.4, -0.2) is 39.1 Å². The van der Waals surface area contributed by atoms with Crippen LogP contribution in [0.3, 0.4) is 0 Å². The van der Waals surface area contributed by atoms with E-state index >= 15 is 0 Å². The Morgan fingerprint density at radius 3 is 2.00 bits per heavy atom. The van der Waals surface area contributed by atoms with Crippen LogP contribution in [0.2, 0.25) is 0 Å². The molecule has 0 atom stereocenters. The number of carbonyl (C=O) groups excluding carboxylic acids is 1. The van der Waals surface area contributed by atoms with Crippen LogP contribution in [-0.2, 0) is 17.9 Å². The Bertz CT molecular complexity index is 1170. The lowest BCUT2D eigenvalue weighted by Gasteiger charge is -2.35. The topological polar surface area (TPSA) is 62.2 Å². The molecule has 0 aliphatic carbocycles. The fourth-order valence-electron chi connectivity index (χ4n) is 4.60. The van der Waals surface area contributed by atoms with Crippen molar-refractivity contribution in [2.75, 3.05) is 18.0 Å². The Morgan fingerprint density at radius 1 is 0.800 bits per heavy atom. The molecule has 6 heteroatoms. The second kappa shape index (κ2) is 10.9. The van der Waals surface area contributed by atoms with Gasteiger partial charge in [0, 0.05) is 50.1 Å². The van der Waals surface area contributed by atoms with E-state index in [2.05, 4.69) is 44.3 Å². The molecule has 1 aliphatic rings. The predicted octanol–water partition coefficient (Wildman–Crippen LogP) is 4.98. The second-order valence-corrected chi connectivity index (χ2v) is 8.95. The Kier molecular flexibility index (Phi) is 7.08. The number of hydrogen-bond acceptors (Lipinski definition) is 5. The van der Waals surface area contributed by atoms with E-state index in [1.165, 1.54) is 0 Å². The monoisotopic (exact) mass is 463 g/mol. The second-order valence-electron chi connectivity index (χ2n) is 8.95. The minimum absolute atomic E-state index is 0.0151. The summed E-state index contributed by atoms with van der Waals surface area (Å²) in [5.41, 5.74) is 4.06. The van der Waals surface area contributed by atoms with Gasteiger partial charge in [-0.3, -0.25) is 9.78 Å². The van der Waals surface area contributed by atoms with E-state index in [1.54, 1.807) is 12.4 Å². The number of rotatable bonds is 7. The van der Waals surface area contributed by atoms with Crippen LogP contribution >= 0.6 is 0 Å². The number of piperidine rings is 1. The van der Waals surface area contributed by atoms with Gasteiger partial charge in [-0.2, -0.15) is 0 Å². The quantitative estimate of drug-likeness (QED) is 0.387. The molecule has 1 aliphatic heterocycles. The van der Waals surface area contributed by atoms with Crippen LogP contribution < -0.4 is 4.90 Å². The Morgan fingerprint density at radius 2 is 1.46 bits per heavy atom. The highest BCUT2D eigenvalue weighted by molar-refractivity contribution is 5.79. The van der Waals surface area contributed by atoms with Crippen LogP contribution in [0, 0.1) is 5.92 Å². The number of carbonyl (C=O) groups is 1. The van der Waals surface area contributed by atoms with E-state index in [4.69, 9.17) is 0 Å². The van der Waals surface area contributed by atoms with Gasteiger partial charge < -0.3 is 9.80 Å².